The van der Waals surface area contributed by atoms with Crippen molar-refractivity contribution in [1.29, 1.82) is 0 Å². The lowest BCUT2D eigenvalue weighted by Crippen LogP contribution is -2.48. The highest BCUT2D eigenvalue weighted by molar-refractivity contribution is 5.80. The molecule has 0 aromatic heterocycles. The van der Waals surface area contributed by atoms with Gasteiger partial charge >= 0.3 is 6.09 Å². The molecule has 1 N–H and O–H groups in total. The molecule has 2 amide bonds. The highest BCUT2D eigenvalue weighted by atomic mass is 16.6. The minimum absolute atomic E-state index is 0.0141. The van der Waals surface area contributed by atoms with Crippen LogP contribution in [0, 0.1) is 0 Å². The number of nitrogens with one attached hydrogen (secondary N) is 1. The minimum atomic E-state index is -0.629. The number of cyclic esters (lactones) is 1. The molecule has 1 aliphatic carbocycles. The first-order valence-corrected chi connectivity index (χ1v) is 13.8. The standard InChI is InChI=1S/C33H33N3O4/c37-31-24-39-21-20-35(31)28-16-18-29(19-17-28)36-23-30(40-32(36)38)22-34-33(25-10-4-1-5-11-25,26-12-6-2-7-13-26)27-14-8-3-9-15-27/h1-16,18,30,34H,17,19-24H2. The van der Waals surface area contributed by atoms with Crippen LogP contribution in [0.3, 0.4) is 0 Å². The Bertz CT molecular complexity index is 1310. The van der Waals surface area contributed by atoms with Crippen LogP contribution in [0.15, 0.2) is 115 Å². The molecule has 1 unspecified atom stereocenters. The normalized spacial score (nSPS) is 19.8. The van der Waals surface area contributed by atoms with Crippen molar-refractivity contribution >= 4 is 12.0 Å². The van der Waals surface area contributed by atoms with E-state index in [2.05, 4.69) is 78.1 Å². The van der Waals surface area contributed by atoms with Crippen molar-refractivity contribution in [1.82, 2.24) is 15.1 Å². The van der Waals surface area contributed by atoms with Gasteiger partial charge in [0.25, 0.3) is 5.91 Å². The predicted octanol–water partition coefficient (Wildman–Crippen LogP) is 4.81. The Hall–Kier alpha value is -4.20. The predicted molar refractivity (Wildman–Crippen MR) is 152 cm³/mol. The van der Waals surface area contributed by atoms with Gasteiger partial charge in [-0.1, -0.05) is 91.0 Å². The van der Waals surface area contributed by atoms with Gasteiger partial charge in [0.1, 0.15) is 12.7 Å². The molecule has 7 nitrogen and oxygen atoms in total. The fourth-order valence-electron chi connectivity index (χ4n) is 5.89. The Morgan fingerprint density at radius 1 is 0.750 bits per heavy atom. The van der Waals surface area contributed by atoms with Crippen molar-refractivity contribution in [2.75, 3.05) is 32.8 Å². The molecule has 2 fully saturated rings. The number of amides is 2. The number of carbonyl (C=O) groups excluding carboxylic acids is 2. The topological polar surface area (TPSA) is 71.1 Å². The van der Waals surface area contributed by atoms with Gasteiger partial charge in [-0.25, -0.2) is 4.79 Å². The Balaban J connectivity index is 1.24. The van der Waals surface area contributed by atoms with Gasteiger partial charge in [-0.05, 0) is 41.7 Å². The van der Waals surface area contributed by atoms with Crippen molar-refractivity contribution in [2.24, 2.45) is 0 Å². The van der Waals surface area contributed by atoms with Crippen LogP contribution in [0.4, 0.5) is 4.79 Å². The van der Waals surface area contributed by atoms with Gasteiger partial charge in [0.15, 0.2) is 0 Å². The van der Waals surface area contributed by atoms with Gasteiger partial charge in [0.2, 0.25) is 0 Å². The van der Waals surface area contributed by atoms with Crippen LogP contribution in [0.1, 0.15) is 29.5 Å². The van der Waals surface area contributed by atoms with Crippen LogP contribution in [0.2, 0.25) is 0 Å². The largest absolute Gasteiger partial charge is 0.443 e. The Kier molecular flexibility index (Phi) is 7.49. The average molecular weight is 536 g/mol. The Morgan fingerprint density at radius 3 is 1.77 bits per heavy atom. The number of allylic oxidation sites excluding steroid dienone is 4. The third-order valence-corrected chi connectivity index (χ3v) is 7.87. The molecule has 2 heterocycles. The third kappa shape index (κ3) is 5.06. The number of morpholine rings is 1. The molecule has 0 spiro atoms. The van der Waals surface area contributed by atoms with Gasteiger partial charge in [0, 0.05) is 24.5 Å². The van der Waals surface area contributed by atoms with E-state index in [4.69, 9.17) is 9.47 Å². The summed E-state index contributed by atoms with van der Waals surface area (Å²) in [6.45, 7) is 2.17. The second kappa shape index (κ2) is 11.5. The number of carbonyl (C=O) groups is 2. The van der Waals surface area contributed by atoms with E-state index in [0.29, 0.717) is 39.1 Å². The number of hydrogen-bond acceptors (Lipinski definition) is 5. The first-order valence-electron chi connectivity index (χ1n) is 13.8. The summed E-state index contributed by atoms with van der Waals surface area (Å²) >= 11 is 0. The summed E-state index contributed by atoms with van der Waals surface area (Å²) in [4.78, 5) is 28.7. The zero-order valence-corrected chi connectivity index (χ0v) is 22.4. The molecule has 7 heteroatoms. The summed E-state index contributed by atoms with van der Waals surface area (Å²) in [5.74, 6) is -0.0141. The molecule has 0 bridgehead atoms. The van der Waals surface area contributed by atoms with Crippen molar-refractivity contribution in [3.05, 3.63) is 131 Å². The SMILES string of the molecule is O=C1COCCN1C1=CC=C(N2CC(CNC(c3ccccc3)(c3ccccc3)c3ccccc3)OC2=O)CC1. The number of nitrogens with zero attached hydrogens (tertiary/aromatic N) is 2. The molecule has 6 rings (SSSR count). The second-order valence-electron chi connectivity index (χ2n) is 10.3. The summed E-state index contributed by atoms with van der Waals surface area (Å²) in [5, 5.41) is 3.83. The smallest absolute Gasteiger partial charge is 0.414 e. The fraction of sp³-hybridized carbons (Fsp3) is 0.273. The molecule has 3 aliphatic rings. The van der Waals surface area contributed by atoms with Crippen LogP contribution in [-0.4, -0.2) is 60.8 Å². The van der Waals surface area contributed by atoms with E-state index in [1.54, 1.807) is 9.80 Å². The van der Waals surface area contributed by atoms with E-state index >= 15 is 0 Å². The summed E-state index contributed by atoms with van der Waals surface area (Å²) < 4.78 is 11.1. The molecule has 2 saturated heterocycles. The van der Waals surface area contributed by atoms with Crippen molar-refractivity contribution < 1.29 is 19.1 Å². The lowest BCUT2D eigenvalue weighted by molar-refractivity contribution is -0.140. The monoisotopic (exact) mass is 535 g/mol. The molecule has 0 saturated carbocycles. The van der Waals surface area contributed by atoms with Crippen LogP contribution < -0.4 is 5.32 Å². The Labute approximate surface area is 234 Å². The van der Waals surface area contributed by atoms with Gasteiger partial charge in [-0.15, -0.1) is 0 Å². The highest BCUT2D eigenvalue weighted by Gasteiger charge is 2.40. The first-order chi connectivity index (χ1) is 19.6. The summed E-state index contributed by atoms with van der Waals surface area (Å²) in [7, 11) is 0. The van der Waals surface area contributed by atoms with Gasteiger partial charge in [0.05, 0.1) is 18.7 Å². The number of ether oxygens (including phenoxy) is 2. The minimum Gasteiger partial charge on any atom is -0.443 e. The van der Waals surface area contributed by atoms with Crippen LogP contribution in [0.25, 0.3) is 0 Å². The second-order valence-corrected chi connectivity index (χ2v) is 10.3. The Morgan fingerprint density at radius 2 is 1.27 bits per heavy atom. The molecule has 40 heavy (non-hydrogen) atoms. The summed E-state index contributed by atoms with van der Waals surface area (Å²) in [5.41, 5.74) is 4.59. The number of rotatable bonds is 8. The van der Waals surface area contributed by atoms with E-state index in [1.165, 1.54) is 0 Å². The molecule has 0 radical (unpaired) electrons. The third-order valence-electron chi connectivity index (χ3n) is 7.87. The van der Waals surface area contributed by atoms with Crippen LogP contribution in [0.5, 0.6) is 0 Å². The average Bonchev–Trinajstić information content (AvgIpc) is 3.40. The lowest BCUT2D eigenvalue weighted by Gasteiger charge is -2.37. The van der Waals surface area contributed by atoms with Gasteiger partial charge < -0.3 is 14.4 Å². The fourth-order valence-corrected chi connectivity index (χ4v) is 5.89. The maximum absolute atomic E-state index is 13.0. The van der Waals surface area contributed by atoms with Crippen molar-refractivity contribution in [3.63, 3.8) is 0 Å². The lowest BCUT2D eigenvalue weighted by atomic mass is 9.77. The zero-order valence-electron chi connectivity index (χ0n) is 22.4. The summed E-state index contributed by atoms with van der Waals surface area (Å²) in [6, 6.07) is 31.2. The van der Waals surface area contributed by atoms with E-state index in [0.717, 1.165) is 28.1 Å². The molecule has 3 aromatic carbocycles. The summed E-state index contributed by atoms with van der Waals surface area (Å²) in [6.07, 6.45) is 4.61. The maximum Gasteiger partial charge on any atom is 0.414 e. The zero-order chi connectivity index (χ0) is 27.4. The van der Waals surface area contributed by atoms with Gasteiger partial charge in [-0.2, -0.15) is 0 Å². The highest BCUT2D eigenvalue weighted by Crippen LogP contribution is 2.37. The van der Waals surface area contributed by atoms with Crippen molar-refractivity contribution in [2.45, 2.75) is 24.5 Å². The van der Waals surface area contributed by atoms with Crippen molar-refractivity contribution in [3.8, 4) is 0 Å². The first kappa shape index (κ1) is 26.0. The molecular weight excluding hydrogens is 502 g/mol. The number of hydrogen-bond donors (Lipinski definition) is 1. The molecule has 2 aliphatic heterocycles. The van der Waals surface area contributed by atoms with Crippen LogP contribution in [-0.2, 0) is 19.8 Å². The number of benzene rings is 3. The van der Waals surface area contributed by atoms with Gasteiger partial charge in [-0.3, -0.25) is 15.0 Å². The van der Waals surface area contributed by atoms with E-state index in [9.17, 15) is 9.59 Å². The molecule has 3 aromatic rings. The van der Waals surface area contributed by atoms with E-state index in [-0.39, 0.29) is 24.7 Å². The maximum atomic E-state index is 13.0. The molecule has 204 valence electrons. The molecule has 1 atom stereocenters. The molecular formula is C33H33N3O4. The van der Waals surface area contributed by atoms with E-state index in [1.807, 2.05) is 30.4 Å². The van der Waals surface area contributed by atoms with E-state index < -0.39 is 5.54 Å². The quantitative estimate of drug-likeness (QED) is 0.420. The van der Waals surface area contributed by atoms with Crippen LogP contribution >= 0.6 is 0 Å².